The van der Waals surface area contributed by atoms with E-state index in [0.717, 1.165) is 0 Å². The van der Waals surface area contributed by atoms with Crippen LogP contribution in [0.1, 0.15) is 24.5 Å². The number of carbonyl (C=O) groups is 1. The van der Waals surface area contributed by atoms with Gasteiger partial charge in [-0.2, -0.15) is 13.2 Å². The van der Waals surface area contributed by atoms with E-state index in [2.05, 4.69) is 5.32 Å². The fraction of sp³-hybridized carbons (Fsp3) is 0.545. The summed E-state index contributed by atoms with van der Waals surface area (Å²) in [5, 5.41) is 4.55. The zero-order valence-corrected chi connectivity index (χ0v) is 10.1. The van der Waals surface area contributed by atoms with Crippen LogP contribution in [0.3, 0.4) is 0 Å². The molecule has 1 aromatic heterocycles. The van der Waals surface area contributed by atoms with Gasteiger partial charge in [-0.05, 0) is 26.0 Å². The molecule has 1 aromatic rings. The van der Waals surface area contributed by atoms with Gasteiger partial charge in [-0.1, -0.05) is 0 Å². The zero-order chi connectivity index (χ0) is 13.8. The second kappa shape index (κ2) is 5.90. The van der Waals surface area contributed by atoms with E-state index >= 15 is 0 Å². The second-order valence-corrected chi connectivity index (χ2v) is 3.96. The second-order valence-electron chi connectivity index (χ2n) is 3.96. The standard InChI is InChI=1S/C11H15F3N2O2/c1-7-3-4-9(18-7)8(2)16-10(17)5-15-6-11(12,13)14/h3-4,8,15H,5-6H2,1-2H3,(H,16,17). The van der Waals surface area contributed by atoms with Crippen molar-refractivity contribution in [3.05, 3.63) is 23.7 Å². The Morgan fingerprint density at radius 2 is 2.11 bits per heavy atom. The molecule has 0 aromatic carbocycles. The molecule has 0 aliphatic rings. The van der Waals surface area contributed by atoms with Gasteiger partial charge in [0.15, 0.2) is 0 Å². The summed E-state index contributed by atoms with van der Waals surface area (Å²) >= 11 is 0. The Morgan fingerprint density at radius 3 is 2.61 bits per heavy atom. The maximum Gasteiger partial charge on any atom is 0.401 e. The number of carbonyl (C=O) groups excluding carboxylic acids is 1. The lowest BCUT2D eigenvalue weighted by Crippen LogP contribution is -2.39. The molecule has 0 aliphatic heterocycles. The third-order valence-electron chi connectivity index (χ3n) is 2.18. The van der Waals surface area contributed by atoms with Gasteiger partial charge in [0.25, 0.3) is 0 Å². The van der Waals surface area contributed by atoms with Crippen LogP contribution in [0.15, 0.2) is 16.5 Å². The SMILES string of the molecule is Cc1ccc(C(C)NC(=O)CNCC(F)(F)F)o1. The highest BCUT2D eigenvalue weighted by molar-refractivity contribution is 5.78. The van der Waals surface area contributed by atoms with Gasteiger partial charge in [0.1, 0.15) is 11.5 Å². The molecule has 102 valence electrons. The summed E-state index contributed by atoms with van der Waals surface area (Å²) in [7, 11) is 0. The van der Waals surface area contributed by atoms with Gasteiger partial charge in [-0.15, -0.1) is 0 Å². The molecule has 1 amide bonds. The predicted molar refractivity (Wildman–Crippen MR) is 58.9 cm³/mol. The van der Waals surface area contributed by atoms with E-state index < -0.39 is 18.6 Å². The van der Waals surface area contributed by atoms with E-state index in [1.54, 1.807) is 26.0 Å². The number of nitrogens with one attached hydrogen (secondary N) is 2. The van der Waals surface area contributed by atoms with E-state index in [4.69, 9.17) is 4.42 Å². The van der Waals surface area contributed by atoms with Gasteiger partial charge in [0, 0.05) is 0 Å². The van der Waals surface area contributed by atoms with Gasteiger partial charge < -0.3 is 15.1 Å². The first kappa shape index (κ1) is 14.6. The van der Waals surface area contributed by atoms with Crippen LogP contribution >= 0.6 is 0 Å². The number of furan rings is 1. The van der Waals surface area contributed by atoms with E-state index in [1.807, 2.05) is 5.32 Å². The Hall–Kier alpha value is -1.50. The number of hydrogen-bond acceptors (Lipinski definition) is 3. The number of halogens is 3. The Labute approximate surface area is 103 Å². The number of hydrogen-bond donors (Lipinski definition) is 2. The van der Waals surface area contributed by atoms with Gasteiger partial charge in [0.2, 0.25) is 5.91 Å². The maximum absolute atomic E-state index is 11.8. The normalized spacial score (nSPS) is 13.4. The lowest BCUT2D eigenvalue weighted by atomic mass is 10.2. The van der Waals surface area contributed by atoms with Crippen LogP contribution in [0.4, 0.5) is 13.2 Å². The van der Waals surface area contributed by atoms with Crippen molar-refractivity contribution in [2.75, 3.05) is 13.1 Å². The number of aryl methyl sites for hydroxylation is 1. The summed E-state index contributed by atoms with van der Waals surface area (Å²) in [6.07, 6.45) is -4.32. The Balaban J connectivity index is 2.32. The number of amides is 1. The zero-order valence-electron chi connectivity index (χ0n) is 10.1. The van der Waals surface area contributed by atoms with E-state index in [-0.39, 0.29) is 12.6 Å². The van der Waals surface area contributed by atoms with E-state index in [1.165, 1.54) is 0 Å². The fourth-order valence-electron chi connectivity index (χ4n) is 1.37. The van der Waals surface area contributed by atoms with Crippen molar-refractivity contribution in [1.82, 2.24) is 10.6 Å². The van der Waals surface area contributed by atoms with Crippen molar-refractivity contribution in [3.63, 3.8) is 0 Å². The Kier molecular flexibility index (Phi) is 4.77. The van der Waals surface area contributed by atoms with Crippen molar-refractivity contribution in [3.8, 4) is 0 Å². The van der Waals surface area contributed by atoms with Crippen LogP contribution in [0, 0.1) is 6.92 Å². The summed E-state index contributed by atoms with van der Waals surface area (Å²) < 4.78 is 40.8. The third-order valence-corrected chi connectivity index (χ3v) is 2.18. The van der Waals surface area contributed by atoms with Crippen molar-refractivity contribution in [1.29, 1.82) is 0 Å². The van der Waals surface area contributed by atoms with Crippen LogP contribution in [-0.2, 0) is 4.79 Å². The molecule has 4 nitrogen and oxygen atoms in total. The Morgan fingerprint density at radius 1 is 1.44 bits per heavy atom. The highest BCUT2D eigenvalue weighted by Crippen LogP contribution is 2.15. The predicted octanol–water partition coefficient (Wildman–Crippen LogP) is 1.92. The average Bonchev–Trinajstić information content (AvgIpc) is 2.62. The molecule has 1 atom stereocenters. The van der Waals surface area contributed by atoms with Crippen molar-refractivity contribution >= 4 is 5.91 Å². The average molecular weight is 264 g/mol. The lowest BCUT2D eigenvalue weighted by Gasteiger charge is -2.12. The highest BCUT2D eigenvalue weighted by Gasteiger charge is 2.26. The summed E-state index contributed by atoms with van der Waals surface area (Å²) in [6, 6.07) is 3.09. The first-order valence-corrected chi connectivity index (χ1v) is 5.41. The minimum Gasteiger partial charge on any atom is -0.464 e. The van der Waals surface area contributed by atoms with Gasteiger partial charge in [0.05, 0.1) is 19.1 Å². The van der Waals surface area contributed by atoms with Crippen molar-refractivity contribution in [2.45, 2.75) is 26.1 Å². The molecule has 0 bridgehead atoms. The van der Waals surface area contributed by atoms with Crippen molar-refractivity contribution in [2.24, 2.45) is 0 Å². The largest absolute Gasteiger partial charge is 0.464 e. The van der Waals surface area contributed by atoms with Gasteiger partial charge in [-0.25, -0.2) is 0 Å². The highest BCUT2D eigenvalue weighted by atomic mass is 19.4. The Bertz CT molecular complexity index is 401. The molecule has 1 rings (SSSR count). The van der Waals surface area contributed by atoms with Crippen LogP contribution in [0.2, 0.25) is 0 Å². The number of rotatable bonds is 5. The molecular weight excluding hydrogens is 249 g/mol. The van der Waals surface area contributed by atoms with Crippen LogP contribution in [0.25, 0.3) is 0 Å². The first-order valence-electron chi connectivity index (χ1n) is 5.41. The maximum atomic E-state index is 11.8. The molecule has 2 N–H and O–H groups in total. The summed E-state index contributed by atoms with van der Waals surface area (Å²) in [4.78, 5) is 11.3. The van der Waals surface area contributed by atoms with Crippen LogP contribution in [-0.4, -0.2) is 25.2 Å². The van der Waals surface area contributed by atoms with Crippen molar-refractivity contribution < 1.29 is 22.4 Å². The molecule has 18 heavy (non-hydrogen) atoms. The summed E-state index contributed by atoms with van der Waals surface area (Å²) in [5.41, 5.74) is 0. The molecule has 0 saturated heterocycles. The molecule has 7 heteroatoms. The number of alkyl halides is 3. The van der Waals surface area contributed by atoms with E-state index in [0.29, 0.717) is 11.5 Å². The molecular formula is C11H15F3N2O2. The summed E-state index contributed by atoms with van der Waals surface area (Å²) in [6.45, 7) is 1.89. The molecule has 1 heterocycles. The molecule has 0 radical (unpaired) electrons. The van der Waals surface area contributed by atoms with Gasteiger partial charge >= 0.3 is 6.18 Å². The van der Waals surface area contributed by atoms with Crippen LogP contribution < -0.4 is 10.6 Å². The fourth-order valence-corrected chi connectivity index (χ4v) is 1.37. The first-order chi connectivity index (χ1) is 8.28. The van der Waals surface area contributed by atoms with Crippen LogP contribution in [0.5, 0.6) is 0 Å². The molecule has 0 aliphatic carbocycles. The topological polar surface area (TPSA) is 54.3 Å². The molecule has 0 spiro atoms. The lowest BCUT2D eigenvalue weighted by molar-refractivity contribution is -0.128. The van der Waals surface area contributed by atoms with E-state index in [9.17, 15) is 18.0 Å². The smallest absolute Gasteiger partial charge is 0.401 e. The minimum atomic E-state index is -4.32. The quantitative estimate of drug-likeness (QED) is 0.854. The molecule has 0 fully saturated rings. The van der Waals surface area contributed by atoms with Gasteiger partial charge in [-0.3, -0.25) is 4.79 Å². The molecule has 0 saturated carbocycles. The summed E-state index contributed by atoms with van der Waals surface area (Å²) in [5.74, 6) is 0.763. The molecule has 1 unspecified atom stereocenters. The third kappa shape index (κ3) is 5.22. The monoisotopic (exact) mass is 264 g/mol. The minimum absolute atomic E-state index is 0.376.